The molecule has 0 bridgehead atoms. The Hall–Kier alpha value is -0.620. The second kappa shape index (κ2) is 4.42. The van der Waals surface area contributed by atoms with Crippen LogP contribution in [0.2, 0.25) is 0 Å². The van der Waals surface area contributed by atoms with Crippen molar-refractivity contribution in [2.75, 3.05) is 20.0 Å². The van der Waals surface area contributed by atoms with Crippen LogP contribution in [0, 0.1) is 0 Å². The summed E-state index contributed by atoms with van der Waals surface area (Å²) in [5, 5.41) is 0. The van der Waals surface area contributed by atoms with Crippen LogP contribution in [0.3, 0.4) is 0 Å². The van der Waals surface area contributed by atoms with E-state index in [1.54, 1.807) is 0 Å². The molecule has 6 heteroatoms. The van der Waals surface area contributed by atoms with Crippen LogP contribution in [0.1, 0.15) is 6.92 Å². The average molecular weight is 196 g/mol. The van der Waals surface area contributed by atoms with Gasteiger partial charge in [-0.1, -0.05) is 6.92 Å². The van der Waals surface area contributed by atoms with Gasteiger partial charge in [0.05, 0.1) is 12.9 Å². The largest absolute Gasteiger partial charge is 0.466 e. The van der Waals surface area contributed by atoms with Gasteiger partial charge in [0, 0.05) is 7.11 Å². The molecule has 0 aliphatic rings. The maximum absolute atomic E-state index is 11.1. The van der Waals surface area contributed by atoms with Gasteiger partial charge in [-0.25, -0.2) is 13.2 Å². The number of ether oxygens (including phenoxy) is 2. The average Bonchev–Trinajstić information content (AvgIpc) is 2.05. The third-order valence-corrected chi connectivity index (χ3v) is 3.18. The zero-order valence-corrected chi connectivity index (χ0v) is 8.05. The Morgan fingerprint density at radius 3 is 2.17 bits per heavy atom. The lowest BCUT2D eigenvalue weighted by atomic mass is 10.7. The third-order valence-electron chi connectivity index (χ3n) is 1.34. The van der Waals surface area contributed by atoms with Crippen molar-refractivity contribution < 1.29 is 22.7 Å². The third kappa shape index (κ3) is 2.46. The smallest absolute Gasteiger partial charge is 0.350 e. The van der Waals surface area contributed by atoms with E-state index in [2.05, 4.69) is 9.47 Å². The molecule has 0 aromatic rings. The minimum Gasteiger partial charge on any atom is -0.466 e. The highest BCUT2D eigenvalue weighted by atomic mass is 32.2. The Labute approximate surface area is 71.6 Å². The number of hydrogen-bond donors (Lipinski definition) is 0. The molecular weight excluding hydrogens is 184 g/mol. The lowest BCUT2D eigenvalue weighted by molar-refractivity contribution is -0.147. The first kappa shape index (κ1) is 11.4. The molecule has 12 heavy (non-hydrogen) atoms. The summed E-state index contributed by atoms with van der Waals surface area (Å²) in [6.07, 6.45) is 0. The highest BCUT2D eigenvalue weighted by Gasteiger charge is 2.31. The number of hydrogen-bond acceptors (Lipinski definition) is 5. The van der Waals surface area contributed by atoms with E-state index < -0.39 is 21.2 Å². The zero-order chi connectivity index (χ0) is 9.78. The quantitative estimate of drug-likeness (QED) is 0.570. The van der Waals surface area contributed by atoms with E-state index in [-0.39, 0.29) is 5.75 Å². The molecule has 0 fully saturated rings. The number of methoxy groups -OCH3 is 2. The molecule has 0 saturated heterocycles. The van der Waals surface area contributed by atoms with Crippen LogP contribution in [0.15, 0.2) is 0 Å². The van der Waals surface area contributed by atoms with Gasteiger partial charge in [0.2, 0.25) is 0 Å². The summed E-state index contributed by atoms with van der Waals surface area (Å²) < 4.78 is 31.0. The standard InChI is InChI=1S/C6H12O5S/c1-4-12(8,9)6(11-3)5(7)10-2/h6H,4H2,1-3H3. The molecule has 0 aliphatic heterocycles. The van der Waals surface area contributed by atoms with Gasteiger partial charge in [-0.2, -0.15) is 0 Å². The maximum atomic E-state index is 11.1. The molecule has 72 valence electrons. The van der Waals surface area contributed by atoms with E-state index in [1.807, 2.05) is 0 Å². The molecule has 0 spiro atoms. The Morgan fingerprint density at radius 2 is 1.92 bits per heavy atom. The van der Waals surface area contributed by atoms with E-state index in [4.69, 9.17) is 0 Å². The van der Waals surface area contributed by atoms with E-state index in [0.29, 0.717) is 0 Å². The number of sulfone groups is 1. The van der Waals surface area contributed by atoms with Gasteiger partial charge < -0.3 is 9.47 Å². The molecule has 0 rings (SSSR count). The predicted octanol–water partition coefficient (Wildman–Crippen LogP) is -0.433. The minimum atomic E-state index is -3.52. The summed E-state index contributed by atoms with van der Waals surface area (Å²) in [5.74, 6) is -1.04. The fraction of sp³-hybridized carbons (Fsp3) is 0.833. The second-order valence-electron chi connectivity index (χ2n) is 2.04. The van der Waals surface area contributed by atoms with E-state index >= 15 is 0 Å². The van der Waals surface area contributed by atoms with Crippen LogP contribution >= 0.6 is 0 Å². The van der Waals surface area contributed by atoms with Gasteiger partial charge in [0.1, 0.15) is 0 Å². The predicted molar refractivity (Wildman–Crippen MR) is 42.3 cm³/mol. The van der Waals surface area contributed by atoms with Gasteiger partial charge in [0.15, 0.2) is 9.84 Å². The lowest BCUT2D eigenvalue weighted by Gasteiger charge is -2.11. The van der Waals surface area contributed by atoms with Gasteiger partial charge in [-0.15, -0.1) is 0 Å². The first-order valence-corrected chi connectivity index (χ1v) is 5.03. The minimum absolute atomic E-state index is 0.152. The van der Waals surface area contributed by atoms with Crippen LogP contribution < -0.4 is 0 Å². The Morgan fingerprint density at radius 1 is 1.42 bits per heavy atom. The highest BCUT2D eigenvalue weighted by molar-refractivity contribution is 7.92. The van der Waals surface area contributed by atoms with Crippen molar-refractivity contribution in [1.82, 2.24) is 0 Å². The fourth-order valence-corrected chi connectivity index (χ4v) is 1.62. The Kier molecular flexibility index (Phi) is 4.19. The number of esters is 1. The molecule has 1 unspecified atom stereocenters. The van der Waals surface area contributed by atoms with Gasteiger partial charge >= 0.3 is 5.97 Å². The van der Waals surface area contributed by atoms with Crippen molar-refractivity contribution in [3.63, 3.8) is 0 Å². The summed E-state index contributed by atoms with van der Waals surface area (Å²) in [4.78, 5) is 10.8. The number of carbonyl (C=O) groups is 1. The van der Waals surface area contributed by atoms with Crippen LogP contribution in [0.25, 0.3) is 0 Å². The summed E-state index contributed by atoms with van der Waals surface area (Å²) in [5.41, 5.74) is -1.49. The van der Waals surface area contributed by atoms with Crippen LogP contribution in [-0.2, 0) is 24.1 Å². The molecule has 0 aromatic carbocycles. The molecule has 0 aromatic heterocycles. The monoisotopic (exact) mass is 196 g/mol. The van der Waals surface area contributed by atoms with E-state index in [1.165, 1.54) is 6.92 Å². The van der Waals surface area contributed by atoms with Crippen LogP contribution in [0.4, 0.5) is 0 Å². The zero-order valence-electron chi connectivity index (χ0n) is 7.23. The van der Waals surface area contributed by atoms with E-state index in [0.717, 1.165) is 14.2 Å². The van der Waals surface area contributed by atoms with Crippen molar-refractivity contribution in [2.45, 2.75) is 12.4 Å². The van der Waals surface area contributed by atoms with Crippen LogP contribution in [0.5, 0.6) is 0 Å². The first-order valence-electron chi connectivity index (χ1n) is 3.31. The Balaban J connectivity index is 4.68. The SMILES string of the molecule is CCS(=O)(=O)C(OC)C(=O)OC. The molecule has 0 amide bonds. The topological polar surface area (TPSA) is 69.7 Å². The Bertz CT molecular complexity index is 243. The molecule has 0 radical (unpaired) electrons. The van der Waals surface area contributed by atoms with Gasteiger partial charge in [-0.3, -0.25) is 0 Å². The second-order valence-corrected chi connectivity index (χ2v) is 4.37. The molecule has 5 nitrogen and oxygen atoms in total. The van der Waals surface area contributed by atoms with Crippen molar-refractivity contribution >= 4 is 15.8 Å². The molecular formula is C6H12O5S. The maximum Gasteiger partial charge on any atom is 0.350 e. The fourth-order valence-electron chi connectivity index (χ4n) is 0.637. The lowest BCUT2D eigenvalue weighted by Crippen LogP contribution is -2.34. The molecule has 0 aliphatic carbocycles. The summed E-state index contributed by atoms with van der Waals surface area (Å²) in [6.45, 7) is 1.43. The normalized spacial score (nSPS) is 13.9. The van der Waals surface area contributed by atoms with Crippen molar-refractivity contribution in [3.8, 4) is 0 Å². The molecule has 1 atom stereocenters. The highest BCUT2D eigenvalue weighted by Crippen LogP contribution is 2.04. The summed E-state index contributed by atoms with van der Waals surface area (Å²) in [6, 6.07) is 0. The van der Waals surface area contributed by atoms with Gasteiger partial charge in [0.25, 0.3) is 5.44 Å². The first-order chi connectivity index (χ1) is 5.49. The van der Waals surface area contributed by atoms with Gasteiger partial charge in [-0.05, 0) is 0 Å². The molecule has 0 N–H and O–H groups in total. The van der Waals surface area contributed by atoms with E-state index in [9.17, 15) is 13.2 Å². The summed E-state index contributed by atoms with van der Waals surface area (Å²) in [7, 11) is -1.26. The molecule has 0 saturated carbocycles. The molecule has 0 heterocycles. The van der Waals surface area contributed by atoms with Crippen molar-refractivity contribution in [2.24, 2.45) is 0 Å². The van der Waals surface area contributed by atoms with Crippen molar-refractivity contribution in [3.05, 3.63) is 0 Å². The number of carbonyl (C=O) groups excluding carboxylic acids is 1. The summed E-state index contributed by atoms with van der Waals surface area (Å²) >= 11 is 0. The van der Waals surface area contributed by atoms with Crippen molar-refractivity contribution in [1.29, 1.82) is 0 Å². The number of rotatable bonds is 4. The van der Waals surface area contributed by atoms with Crippen LogP contribution in [-0.4, -0.2) is 39.8 Å².